The van der Waals surface area contributed by atoms with Crippen LogP contribution in [0.15, 0.2) is 23.3 Å². The molecule has 0 bridgehead atoms. The van der Waals surface area contributed by atoms with E-state index in [0.29, 0.717) is 12.3 Å². The Hall–Kier alpha value is -0.850. The van der Waals surface area contributed by atoms with E-state index in [1.54, 1.807) is 11.6 Å². The van der Waals surface area contributed by atoms with Crippen LogP contribution in [0.25, 0.3) is 0 Å². The van der Waals surface area contributed by atoms with Gasteiger partial charge in [-0.1, -0.05) is 32.4 Å². The van der Waals surface area contributed by atoms with Gasteiger partial charge in [0.2, 0.25) is 0 Å². The Balaban J connectivity index is 2.71. The smallest absolute Gasteiger partial charge is 0.155 e. The van der Waals surface area contributed by atoms with Crippen LogP contribution >= 0.6 is 0 Å². The Labute approximate surface area is 86.9 Å². The monoisotopic (exact) mass is 192 g/mol. The van der Waals surface area contributed by atoms with Crippen molar-refractivity contribution in [3.63, 3.8) is 0 Å². The van der Waals surface area contributed by atoms with Crippen molar-refractivity contribution in [3.8, 4) is 0 Å². The van der Waals surface area contributed by atoms with Crippen molar-refractivity contribution < 1.29 is 4.79 Å². The van der Waals surface area contributed by atoms with Gasteiger partial charge in [-0.2, -0.15) is 0 Å². The van der Waals surface area contributed by atoms with Crippen molar-refractivity contribution in [2.24, 2.45) is 5.92 Å². The van der Waals surface area contributed by atoms with E-state index in [1.807, 2.05) is 13.0 Å². The Morgan fingerprint density at radius 2 is 2.14 bits per heavy atom. The molecule has 14 heavy (non-hydrogen) atoms. The first-order chi connectivity index (χ1) is 6.65. The molecule has 0 unspecified atom stereocenters. The third-order valence-corrected chi connectivity index (χ3v) is 2.82. The molecule has 0 N–H and O–H groups in total. The molecule has 0 aliphatic heterocycles. The fourth-order valence-electron chi connectivity index (χ4n) is 1.95. The minimum atomic E-state index is 0.229. The van der Waals surface area contributed by atoms with Crippen molar-refractivity contribution in [2.45, 2.75) is 46.5 Å². The molecule has 0 atom stereocenters. The van der Waals surface area contributed by atoms with Crippen LogP contribution in [0.2, 0.25) is 0 Å². The number of hydrogen-bond acceptors (Lipinski definition) is 1. The summed E-state index contributed by atoms with van der Waals surface area (Å²) in [4.78, 5) is 11.1. The topological polar surface area (TPSA) is 17.1 Å². The first-order valence-electron chi connectivity index (χ1n) is 5.58. The van der Waals surface area contributed by atoms with Crippen LogP contribution in [0.5, 0.6) is 0 Å². The highest BCUT2D eigenvalue weighted by Crippen LogP contribution is 2.31. The van der Waals surface area contributed by atoms with E-state index >= 15 is 0 Å². The second-order valence-corrected chi connectivity index (χ2v) is 4.21. The fourth-order valence-corrected chi connectivity index (χ4v) is 1.95. The average molecular weight is 192 g/mol. The second-order valence-electron chi connectivity index (χ2n) is 4.21. The highest BCUT2D eigenvalue weighted by atomic mass is 16.1. The van der Waals surface area contributed by atoms with E-state index in [4.69, 9.17) is 0 Å². The number of carbonyl (C=O) groups is 1. The third-order valence-electron chi connectivity index (χ3n) is 2.82. The van der Waals surface area contributed by atoms with Crippen LogP contribution in [0.4, 0.5) is 0 Å². The summed E-state index contributed by atoms with van der Waals surface area (Å²) in [6.07, 6.45) is 8.02. The van der Waals surface area contributed by atoms with Crippen molar-refractivity contribution in [1.29, 1.82) is 0 Å². The molecule has 1 aliphatic rings. The lowest BCUT2D eigenvalue weighted by Crippen LogP contribution is -1.93. The molecule has 1 aliphatic carbocycles. The van der Waals surface area contributed by atoms with Crippen LogP contribution in [0, 0.1) is 5.92 Å². The number of allylic oxidation sites excluding steroid dienone is 4. The molecule has 0 aromatic rings. The lowest BCUT2D eigenvalue weighted by atomic mass is 9.99. The van der Waals surface area contributed by atoms with Gasteiger partial charge in [-0.05, 0) is 36.8 Å². The molecule has 0 heterocycles. The van der Waals surface area contributed by atoms with Crippen LogP contribution in [0.3, 0.4) is 0 Å². The van der Waals surface area contributed by atoms with Crippen molar-refractivity contribution >= 4 is 5.78 Å². The zero-order valence-corrected chi connectivity index (χ0v) is 9.47. The molecule has 1 heteroatoms. The molecule has 0 fully saturated rings. The first-order valence-corrected chi connectivity index (χ1v) is 5.58. The van der Waals surface area contributed by atoms with Crippen LogP contribution in [-0.2, 0) is 4.79 Å². The maximum Gasteiger partial charge on any atom is 0.155 e. The zero-order chi connectivity index (χ0) is 10.6. The number of rotatable bonds is 4. The number of hydrogen-bond donors (Lipinski definition) is 0. The molecule has 0 amide bonds. The molecule has 0 radical (unpaired) electrons. The van der Waals surface area contributed by atoms with Gasteiger partial charge in [0.25, 0.3) is 0 Å². The molecule has 0 spiro atoms. The van der Waals surface area contributed by atoms with Crippen molar-refractivity contribution in [3.05, 3.63) is 23.3 Å². The Kier molecular flexibility index (Phi) is 4.12. The zero-order valence-electron chi connectivity index (χ0n) is 9.47. The lowest BCUT2D eigenvalue weighted by molar-refractivity contribution is -0.114. The summed E-state index contributed by atoms with van der Waals surface area (Å²) < 4.78 is 0. The molecular weight excluding hydrogens is 172 g/mol. The van der Waals surface area contributed by atoms with Gasteiger partial charge >= 0.3 is 0 Å². The summed E-state index contributed by atoms with van der Waals surface area (Å²) in [6, 6.07) is 0. The number of ketones is 1. The van der Waals surface area contributed by atoms with E-state index < -0.39 is 0 Å². The highest BCUT2D eigenvalue weighted by Gasteiger charge is 2.14. The van der Waals surface area contributed by atoms with Gasteiger partial charge in [0, 0.05) is 6.42 Å². The summed E-state index contributed by atoms with van der Waals surface area (Å²) in [5, 5.41) is 0. The molecule has 1 rings (SSSR count). The Morgan fingerprint density at radius 3 is 2.71 bits per heavy atom. The lowest BCUT2D eigenvalue weighted by Gasteiger charge is -2.07. The predicted molar refractivity (Wildman–Crippen MR) is 60.2 cm³/mol. The number of carbonyl (C=O) groups excluding carboxylic acids is 1. The molecule has 1 nitrogen and oxygen atoms in total. The van der Waals surface area contributed by atoms with Gasteiger partial charge in [0.05, 0.1) is 0 Å². The van der Waals surface area contributed by atoms with Gasteiger partial charge in [-0.3, -0.25) is 4.79 Å². The normalized spacial score (nSPS) is 17.4. The van der Waals surface area contributed by atoms with Gasteiger partial charge < -0.3 is 0 Å². The van der Waals surface area contributed by atoms with Gasteiger partial charge in [-0.15, -0.1) is 0 Å². The van der Waals surface area contributed by atoms with E-state index in [0.717, 1.165) is 6.42 Å². The predicted octanol–water partition coefficient (Wildman–Crippen LogP) is 3.66. The second kappa shape index (κ2) is 5.14. The quantitative estimate of drug-likeness (QED) is 0.621. The van der Waals surface area contributed by atoms with Crippen LogP contribution in [-0.4, -0.2) is 5.78 Å². The Morgan fingerprint density at radius 1 is 1.43 bits per heavy atom. The SMILES string of the molecule is CCC(=O)C=CC1=C(C(C)C)CCC1. The summed E-state index contributed by atoms with van der Waals surface area (Å²) in [5.41, 5.74) is 2.95. The maximum atomic E-state index is 11.1. The third kappa shape index (κ3) is 2.83. The van der Waals surface area contributed by atoms with Crippen LogP contribution < -0.4 is 0 Å². The Bertz CT molecular complexity index is 269. The van der Waals surface area contributed by atoms with Gasteiger partial charge in [0.15, 0.2) is 5.78 Å². The first kappa shape index (κ1) is 11.2. The minimum absolute atomic E-state index is 0.229. The highest BCUT2D eigenvalue weighted by molar-refractivity contribution is 5.89. The fraction of sp³-hybridized carbons (Fsp3) is 0.615. The van der Waals surface area contributed by atoms with Crippen LogP contribution in [0.1, 0.15) is 46.5 Å². The maximum absolute atomic E-state index is 11.1. The van der Waals surface area contributed by atoms with Crippen molar-refractivity contribution in [1.82, 2.24) is 0 Å². The average Bonchev–Trinajstić information content (AvgIpc) is 2.62. The van der Waals surface area contributed by atoms with Gasteiger partial charge in [-0.25, -0.2) is 0 Å². The molecule has 0 saturated carbocycles. The van der Waals surface area contributed by atoms with E-state index in [9.17, 15) is 4.79 Å². The molecule has 0 aromatic heterocycles. The molecule has 78 valence electrons. The molecule has 0 aromatic carbocycles. The molecular formula is C13H20O. The summed E-state index contributed by atoms with van der Waals surface area (Å²) in [7, 11) is 0. The van der Waals surface area contributed by atoms with E-state index in [-0.39, 0.29) is 5.78 Å². The minimum Gasteiger partial charge on any atom is -0.295 e. The summed E-state index contributed by atoms with van der Waals surface area (Å²) >= 11 is 0. The van der Waals surface area contributed by atoms with Crippen molar-refractivity contribution in [2.75, 3.05) is 0 Å². The van der Waals surface area contributed by atoms with E-state index in [2.05, 4.69) is 13.8 Å². The summed E-state index contributed by atoms with van der Waals surface area (Å²) in [5.74, 6) is 0.862. The largest absolute Gasteiger partial charge is 0.295 e. The molecule has 0 saturated heterocycles. The standard InChI is InChI=1S/C13H20O/c1-4-12(14)9-8-11-6-5-7-13(11)10(2)3/h8-10H,4-7H2,1-3H3. The van der Waals surface area contributed by atoms with E-state index in [1.165, 1.54) is 18.4 Å². The van der Waals surface area contributed by atoms with Gasteiger partial charge in [0.1, 0.15) is 0 Å². The summed E-state index contributed by atoms with van der Waals surface area (Å²) in [6.45, 7) is 6.37.